The molecule has 11 heteroatoms. The number of hydrogen-bond donors (Lipinski definition) is 2. The number of carbonyl (C=O) groups is 3. The number of carbonyl (C=O) groups excluding carboxylic acids is 3. The number of ether oxygens (including phenoxy) is 2. The third-order valence-corrected chi connectivity index (χ3v) is 6.37. The Labute approximate surface area is 187 Å². The molecule has 0 bridgehead atoms. The zero-order valence-corrected chi connectivity index (χ0v) is 19.0. The number of esters is 2. The molecule has 1 aliphatic heterocycles. The third-order valence-electron chi connectivity index (χ3n) is 4.50. The highest BCUT2D eigenvalue weighted by molar-refractivity contribution is 7.99. The van der Waals surface area contributed by atoms with E-state index in [9.17, 15) is 14.4 Å². The Balaban J connectivity index is 1.67. The predicted molar refractivity (Wildman–Crippen MR) is 115 cm³/mol. The lowest BCUT2D eigenvalue weighted by Gasteiger charge is -2.28. The minimum Gasteiger partial charge on any atom is -0.463 e. The van der Waals surface area contributed by atoms with Gasteiger partial charge in [0, 0.05) is 16.2 Å². The first-order chi connectivity index (χ1) is 14.9. The second-order valence-corrected chi connectivity index (χ2v) is 8.58. The number of thiophene rings is 1. The highest BCUT2D eigenvalue weighted by Gasteiger charge is 2.34. The number of amides is 2. The lowest BCUT2D eigenvalue weighted by atomic mass is 10.0. The topological polar surface area (TPSA) is 120 Å². The van der Waals surface area contributed by atoms with Crippen molar-refractivity contribution in [1.29, 1.82) is 0 Å². The van der Waals surface area contributed by atoms with Gasteiger partial charge >= 0.3 is 18.0 Å². The van der Waals surface area contributed by atoms with E-state index in [1.807, 2.05) is 31.4 Å². The Morgan fingerprint density at radius 1 is 1.32 bits per heavy atom. The molecule has 0 aliphatic carbocycles. The van der Waals surface area contributed by atoms with Gasteiger partial charge < -0.3 is 24.6 Å². The number of nitrogens with one attached hydrogen (secondary N) is 2. The summed E-state index contributed by atoms with van der Waals surface area (Å²) in [6, 6.07) is 2.49. The van der Waals surface area contributed by atoms with Crippen LogP contribution in [0, 0.1) is 13.8 Å². The molecule has 9 nitrogen and oxygen atoms in total. The van der Waals surface area contributed by atoms with Crippen molar-refractivity contribution in [2.75, 3.05) is 19.0 Å². The van der Waals surface area contributed by atoms with E-state index in [4.69, 9.17) is 14.0 Å². The van der Waals surface area contributed by atoms with Crippen LogP contribution in [0.3, 0.4) is 0 Å². The molecule has 166 valence electrons. The van der Waals surface area contributed by atoms with E-state index >= 15 is 0 Å². The van der Waals surface area contributed by atoms with Gasteiger partial charge in [0.15, 0.2) is 0 Å². The number of aryl methyl sites for hydroxylation is 2. The van der Waals surface area contributed by atoms with Gasteiger partial charge in [-0.15, -0.1) is 23.1 Å². The molecule has 2 aromatic heterocycles. The molecule has 0 fully saturated rings. The maximum absolute atomic E-state index is 12.6. The van der Waals surface area contributed by atoms with Gasteiger partial charge in [-0.1, -0.05) is 11.2 Å². The van der Waals surface area contributed by atoms with E-state index < -0.39 is 24.0 Å². The van der Waals surface area contributed by atoms with Gasteiger partial charge in [0.1, 0.15) is 12.4 Å². The maximum Gasteiger partial charge on any atom is 0.338 e. The number of hydrogen-bond acceptors (Lipinski definition) is 9. The first kappa shape index (κ1) is 22.9. The fourth-order valence-electron chi connectivity index (χ4n) is 2.99. The van der Waals surface area contributed by atoms with Crippen LogP contribution in [0.4, 0.5) is 4.79 Å². The highest BCUT2D eigenvalue weighted by Crippen LogP contribution is 2.30. The molecular formula is C20H23N3O6S2. The van der Waals surface area contributed by atoms with Crippen molar-refractivity contribution in [3.8, 4) is 0 Å². The Kier molecular flexibility index (Phi) is 7.75. The van der Waals surface area contributed by atoms with Crippen molar-refractivity contribution in [1.82, 2.24) is 15.8 Å². The van der Waals surface area contributed by atoms with Gasteiger partial charge in [-0.3, -0.25) is 4.79 Å². The molecule has 2 amide bonds. The second-order valence-electron chi connectivity index (χ2n) is 6.62. The lowest BCUT2D eigenvalue weighted by Crippen LogP contribution is -2.47. The van der Waals surface area contributed by atoms with Gasteiger partial charge in [-0.25, -0.2) is 9.59 Å². The van der Waals surface area contributed by atoms with Crippen LogP contribution in [0.1, 0.15) is 34.9 Å². The molecule has 2 N–H and O–H groups in total. The van der Waals surface area contributed by atoms with Gasteiger partial charge in [-0.2, -0.15) is 0 Å². The summed E-state index contributed by atoms with van der Waals surface area (Å²) in [6.07, 6.45) is 0. The lowest BCUT2D eigenvalue weighted by molar-refractivity contribution is -0.141. The van der Waals surface area contributed by atoms with E-state index in [0.717, 1.165) is 21.9 Å². The molecule has 0 saturated carbocycles. The summed E-state index contributed by atoms with van der Waals surface area (Å²) in [4.78, 5) is 37.8. The number of urea groups is 1. The Morgan fingerprint density at radius 2 is 2.13 bits per heavy atom. The summed E-state index contributed by atoms with van der Waals surface area (Å²) in [7, 11) is 0. The van der Waals surface area contributed by atoms with Crippen LogP contribution in [0.5, 0.6) is 0 Å². The summed E-state index contributed by atoms with van der Waals surface area (Å²) in [6.45, 7) is 5.30. The Bertz CT molecular complexity index is 964. The fourth-order valence-corrected chi connectivity index (χ4v) is 4.74. The smallest absolute Gasteiger partial charge is 0.338 e. The monoisotopic (exact) mass is 465 g/mol. The molecular weight excluding hydrogens is 442 g/mol. The fraction of sp³-hybridized carbons (Fsp3) is 0.400. The zero-order valence-electron chi connectivity index (χ0n) is 17.4. The normalized spacial score (nSPS) is 16.0. The molecule has 2 aromatic rings. The van der Waals surface area contributed by atoms with Crippen LogP contribution in [-0.4, -0.2) is 42.1 Å². The summed E-state index contributed by atoms with van der Waals surface area (Å²) < 4.78 is 15.6. The summed E-state index contributed by atoms with van der Waals surface area (Å²) in [5.74, 6) is 0.348. The number of aromatic nitrogens is 1. The van der Waals surface area contributed by atoms with Crippen molar-refractivity contribution in [2.45, 2.75) is 32.6 Å². The molecule has 3 rings (SSSR count). The summed E-state index contributed by atoms with van der Waals surface area (Å²) in [5, 5.41) is 11.0. The summed E-state index contributed by atoms with van der Waals surface area (Å²) in [5.41, 5.74) is 2.18. The number of rotatable bonds is 9. The van der Waals surface area contributed by atoms with Crippen LogP contribution in [-0.2, 0) is 24.8 Å². The average Bonchev–Trinajstić information content (AvgIpc) is 3.37. The van der Waals surface area contributed by atoms with Crippen molar-refractivity contribution < 1.29 is 28.4 Å². The number of nitrogens with zero attached hydrogens (tertiary/aromatic N) is 1. The van der Waals surface area contributed by atoms with E-state index in [-0.39, 0.29) is 30.2 Å². The highest BCUT2D eigenvalue weighted by atomic mass is 32.2. The van der Waals surface area contributed by atoms with E-state index in [2.05, 4.69) is 15.8 Å². The molecule has 1 atom stereocenters. The minimum atomic E-state index is -0.671. The molecule has 0 unspecified atom stereocenters. The molecule has 3 heterocycles. The maximum atomic E-state index is 12.6. The quantitative estimate of drug-likeness (QED) is 0.543. The SMILES string of the molecule is CCOC(=O)C1=C(COC(=O)CSCc2c(C)noc2C)NC(=O)N[C@H]1c1cccs1. The van der Waals surface area contributed by atoms with Crippen molar-refractivity contribution in [3.63, 3.8) is 0 Å². The van der Waals surface area contributed by atoms with Gasteiger partial charge in [0.2, 0.25) is 0 Å². The van der Waals surface area contributed by atoms with Crippen LogP contribution in [0.15, 0.2) is 33.3 Å². The van der Waals surface area contributed by atoms with Crippen LogP contribution in [0.25, 0.3) is 0 Å². The Hall–Kier alpha value is -2.79. The zero-order chi connectivity index (χ0) is 22.4. The third kappa shape index (κ3) is 5.67. The average molecular weight is 466 g/mol. The standard InChI is InChI=1S/C20H23N3O6S2/c1-4-27-19(25)17-14(21-20(26)22-18(17)15-6-5-7-31-15)8-28-16(24)10-30-9-13-11(2)23-29-12(13)3/h5-7,18H,4,8-10H2,1-3H3,(H2,21,22,26)/t18-/m0/s1. The molecule has 31 heavy (non-hydrogen) atoms. The van der Waals surface area contributed by atoms with Crippen molar-refractivity contribution in [3.05, 3.63) is 50.7 Å². The van der Waals surface area contributed by atoms with Gasteiger partial charge in [-0.05, 0) is 32.2 Å². The molecule has 1 aliphatic rings. The molecule has 0 saturated heterocycles. The van der Waals surface area contributed by atoms with Crippen molar-refractivity contribution in [2.24, 2.45) is 0 Å². The largest absolute Gasteiger partial charge is 0.463 e. The molecule has 0 radical (unpaired) electrons. The van der Waals surface area contributed by atoms with E-state index in [1.54, 1.807) is 6.92 Å². The first-order valence-electron chi connectivity index (χ1n) is 9.56. The predicted octanol–water partition coefficient (Wildman–Crippen LogP) is 3.00. The minimum absolute atomic E-state index is 0.104. The van der Waals surface area contributed by atoms with E-state index in [0.29, 0.717) is 5.75 Å². The Morgan fingerprint density at radius 3 is 2.77 bits per heavy atom. The van der Waals surface area contributed by atoms with Crippen LogP contribution >= 0.6 is 23.1 Å². The van der Waals surface area contributed by atoms with Crippen LogP contribution in [0.2, 0.25) is 0 Å². The second kappa shape index (κ2) is 10.5. The summed E-state index contributed by atoms with van der Waals surface area (Å²) >= 11 is 2.77. The number of thioether (sulfide) groups is 1. The van der Waals surface area contributed by atoms with Crippen LogP contribution < -0.4 is 10.6 Å². The molecule has 0 aromatic carbocycles. The van der Waals surface area contributed by atoms with E-state index in [1.165, 1.54) is 23.1 Å². The van der Waals surface area contributed by atoms with Crippen molar-refractivity contribution >= 4 is 41.1 Å². The van der Waals surface area contributed by atoms with Gasteiger partial charge in [0.25, 0.3) is 0 Å². The molecule has 0 spiro atoms. The first-order valence-corrected chi connectivity index (χ1v) is 11.6. The van der Waals surface area contributed by atoms with Gasteiger partial charge in [0.05, 0.1) is 35.4 Å².